The molecule has 1 aliphatic carbocycles. The van der Waals surface area contributed by atoms with E-state index in [9.17, 15) is 14.4 Å². The highest BCUT2D eigenvalue weighted by Crippen LogP contribution is 2.47. The number of urea groups is 1. The van der Waals surface area contributed by atoms with E-state index in [1.165, 1.54) is 19.3 Å². The van der Waals surface area contributed by atoms with Crippen LogP contribution in [0.2, 0.25) is 5.02 Å². The first-order chi connectivity index (χ1) is 19.3. The van der Waals surface area contributed by atoms with Gasteiger partial charge in [-0.2, -0.15) is 0 Å². The summed E-state index contributed by atoms with van der Waals surface area (Å²) in [7, 11) is 1.91. The molecule has 2 aromatic rings. The quantitative estimate of drug-likeness (QED) is 0.394. The minimum atomic E-state index is -0.718. The Balaban J connectivity index is 1.42. The number of nitrogens with zero attached hydrogens (tertiary/aromatic N) is 3. The largest absolute Gasteiger partial charge is 0.341 e. The van der Waals surface area contributed by atoms with Crippen molar-refractivity contribution in [2.75, 3.05) is 19.6 Å². The van der Waals surface area contributed by atoms with Crippen molar-refractivity contribution in [3.8, 4) is 0 Å². The van der Waals surface area contributed by atoms with Gasteiger partial charge in [-0.1, -0.05) is 49.9 Å². The van der Waals surface area contributed by atoms with Crippen molar-refractivity contribution in [1.82, 2.24) is 25.1 Å². The van der Waals surface area contributed by atoms with Crippen LogP contribution in [-0.4, -0.2) is 57.8 Å². The number of hydrogen-bond acceptors (Lipinski definition) is 4. The number of nitrogens with one attached hydrogen (secondary N) is 2. The van der Waals surface area contributed by atoms with Gasteiger partial charge in [0.15, 0.2) is 0 Å². The van der Waals surface area contributed by atoms with Gasteiger partial charge in [-0.3, -0.25) is 9.59 Å². The molecule has 0 spiro atoms. The summed E-state index contributed by atoms with van der Waals surface area (Å²) in [5.74, 6) is 0.706. The lowest BCUT2D eigenvalue weighted by atomic mass is 9.61. The summed E-state index contributed by atoms with van der Waals surface area (Å²) in [6.07, 6.45) is 13.4. The number of benzene rings is 1. The molecule has 9 heteroatoms. The number of carbonyl (C=O) groups excluding carboxylic acids is 3. The van der Waals surface area contributed by atoms with Crippen LogP contribution in [0.3, 0.4) is 0 Å². The molecule has 2 fully saturated rings. The van der Waals surface area contributed by atoms with Crippen molar-refractivity contribution >= 4 is 29.3 Å². The highest BCUT2D eigenvalue weighted by Gasteiger charge is 2.47. The predicted molar refractivity (Wildman–Crippen MR) is 157 cm³/mol. The summed E-state index contributed by atoms with van der Waals surface area (Å²) >= 11 is 6.08. The van der Waals surface area contributed by atoms with Crippen molar-refractivity contribution in [3.63, 3.8) is 0 Å². The molecule has 8 nitrogen and oxygen atoms in total. The zero-order chi connectivity index (χ0) is 28.5. The summed E-state index contributed by atoms with van der Waals surface area (Å²) < 4.78 is 1.87. The number of Topliss-reactive ketones (excluding diaryl/α,β-unsaturated/α-hetero) is 1. The van der Waals surface area contributed by atoms with Crippen LogP contribution in [-0.2, 0) is 29.5 Å². The first-order valence-electron chi connectivity index (χ1n) is 14.9. The van der Waals surface area contributed by atoms with Crippen LogP contribution in [0.15, 0.2) is 36.8 Å². The highest BCUT2D eigenvalue weighted by molar-refractivity contribution is 6.30. The Morgan fingerprint density at radius 1 is 1.10 bits per heavy atom. The molecule has 4 rings (SSSR count). The van der Waals surface area contributed by atoms with Gasteiger partial charge in [0, 0.05) is 62.6 Å². The average molecular weight is 570 g/mol. The maximum atomic E-state index is 13.8. The van der Waals surface area contributed by atoms with Crippen molar-refractivity contribution in [2.24, 2.45) is 18.4 Å². The molecule has 1 aromatic heterocycles. The van der Waals surface area contributed by atoms with Crippen LogP contribution in [0, 0.1) is 11.3 Å². The fourth-order valence-electron chi connectivity index (χ4n) is 6.56. The van der Waals surface area contributed by atoms with E-state index in [0.717, 1.165) is 30.5 Å². The van der Waals surface area contributed by atoms with Crippen LogP contribution in [0.25, 0.3) is 0 Å². The number of hydrogen-bond donors (Lipinski definition) is 2. The summed E-state index contributed by atoms with van der Waals surface area (Å²) in [4.78, 5) is 46.3. The minimum Gasteiger partial charge on any atom is -0.341 e. The second kappa shape index (κ2) is 14.2. The number of imidazole rings is 1. The molecular weight excluding hydrogens is 526 g/mol. The topological polar surface area (TPSA) is 96.3 Å². The molecule has 2 aliphatic rings. The summed E-state index contributed by atoms with van der Waals surface area (Å²) in [5, 5.41) is 6.43. The number of ketones is 1. The SMILES string of the molecule is CCCC(=O)C1(C2CCCCC2)CCN(C(=O)C(Cc2ccc(Cl)cc2)NC(=O)NCCc2cn(C)cn2)CC1. The number of halogens is 1. The zero-order valence-corrected chi connectivity index (χ0v) is 24.7. The number of amides is 3. The van der Waals surface area contributed by atoms with Crippen molar-refractivity contribution in [2.45, 2.75) is 83.6 Å². The standard InChI is InChI=1S/C31H44ClN5O3/c1-3-7-28(38)31(24-8-5-4-6-9-24)15-18-37(19-16-31)29(39)27(20-23-10-12-25(32)13-11-23)35-30(40)33-17-14-26-21-36(2)22-34-26/h10-13,21-22,24,27H,3-9,14-20H2,1-2H3,(H2,33,35,40). The smallest absolute Gasteiger partial charge is 0.315 e. The lowest BCUT2D eigenvalue weighted by Gasteiger charge is -2.47. The van der Waals surface area contributed by atoms with E-state index in [0.29, 0.717) is 68.5 Å². The third kappa shape index (κ3) is 7.65. The van der Waals surface area contributed by atoms with Gasteiger partial charge in [-0.25, -0.2) is 9.78 Å². The van der Waals surface area contributed by atoms with E-state index in [4.69, 9.17) is 11.6 Å². The number of aromatic nitrogens is 2. The molecular formula is C31H44ClN5O3. The molecule has 1 aromatic carbocycles. The predicted octanol–water partition coefficient (Wildman–Crippen LogP) is 5.08. The van der Waals surface area contributed by atoms with Gasteiger partial charge in [0.25, 0.3) is 0 Å². The lowest BCUT2D eigenvalue weighted by molar-refractivity contribution is -0.144. The van der Waals surface area contributed by atoms with E-state index in [1.807, 2.05) is 34.8 Å². The molecule has 1 aliphatic heterocycles. The van der Waals surface area contributed by atoms with Gasteiger partial charge in [-0.05, 0) is 55.7 Å². The maximum Gasteiger partial charge on any atom is 0.315 e. The Labute approximate surface area is 243 Å². The summed E-state index contributed by atoms with van der Waals surface area (Å²) in [6, 6.07) is 6.27. The van der Waals surface area contributed by atoms with E-state index >= 15 is 0 Å². The van der Waals surface area contributed by atoms with E-state index < -0.39 is 6.04 Å². The molecule has 40 heavy (non-hydrogen) atoms. The van der Waals surface area contributed by atoms with E-state index in [-0.39, 0.29) is 17.4 Å². The monoisotopic (exact) mass is 569 g/mol. The third-order valence-corrected chi connectivity index (χ3v) is 9.02. The fraction of sp³-hybridized carbons (Fsp3) is 0.613. The zero-order valence-electron chi connectivity index (χ0n) is 24.0. The maximum absolute atomic E-state index is 13.8. The number of rotatable bonds is 11. The van der Waals surface area contributed by atoms with Crippen LogP contribution >= 0.6 is 11.6 Å². The van der Waals surface area contributed by atoms with Crippen LogP contribution in [0.5, 0.6) is 0 Å². The molecule has 2 N–H and O–H groups in total. The molecule has 0 bridgehead atoms. The molecule has 2 heterocycles. The second-order valence-electron chi connectivity index (χ2n) is 11.6. The van der Waals surface area contributed by atoms with Gasteiger partial charge in [0.2, 0.25) is 5.91 Å². The summed E-state index contributed by atoms with van der Waals surface area (Å²) in [5.41, 5.74) is 1.50. The lowest BCUT2D eigenvalue weighted by Crippen LogP contribution is -2.56. The molecule has 1 saturated heterocycles. The van der Waals surface area contributed by atoms with Gasteiger partial charge in [0.05, 0.1) is 12.0 Å². The van der Waals surface area contributed by atoms with Gasteiger partial charge in [-0.15, -0.1) is 0 Å². The van der Waals surface area contributed by atoms with Gasteiger partial charge >= 0.3 is 6.03 Å². The van der Waals surface area contributed by atoms with Crippen LogP contribution in [0.4, 0.5) is 4.79 Å². The van der Waals surface area contributed by atoms with Crippen LogP contribution < -0.4 is 10.6 Å². The number of likely N-dealkylation sites (tertiary alicyclic amines) is 1. The second-order valence-corrected chi connectivity index (χ2v) is 12.0. The molecule has 1 saturated carbocycles. The third-order valence-electron chi connectivity index (χ3n) is 8.77. The van der Waals surface area contributed by atoms with Crippen molar-refractivity contribution in [1.29, 1.82) is 0 Å². The normalized spacial score (nSPS) is 18.2. The minimum absolute atomic E-state index is 0.102. The van der Waals surface area contributed by atoms with Gasteiger partial charge < -0.3 is 20.1 Å². The highest BCUT2D eigenvalue weighted by atomic mass is 35.5. The molecule has 1 atom stereocenters. The molecule has 1 unspecified atom stereocenters. The Hall–Kier alpha value is -2.87. The number of aryl methyl sites for hydroxylation is 1. The van der Waals surface area contributed by atoms with E-state index in [1.54, 1.807) is 18.5 Å². The first-order valence-corrected chi connectivity index (χ1v) is 15.3. The van der Waals surface area contributed by atoms with Crippen molar-refractivity contribution < 1.29 is 14.4 Å². The van der Waals surface area contributed by atoms with E-state index in [2.05, 4.69) is 22.5 Å². The number of carbonyl (C=O) groups is 3. The van der Waals surface area contributed by atoms with Crippen LogP contribution in [0.1, 0.15) is 76.0 Å². The Morgan fingerprint density at radius 2 is 1.80 bits per heavy atom. The Kier molecular flexibility index (Phi) is 10.6. The number of piperidine rings is 1. The Bertz CT molecular complexity index is 1130. The molecule has 0 radical (unpaired) electrons. The summed E-state index contributed by atoms with van der Waals surface area (Å²) in [6.45, 7) is 3.58. The van der Waals surface area contributed by atoms with Gasteiger partial charge in [0.1, 0.15) is 11.8 Å². The first kappa shape index (κ1) is 30.1. The Morgan fingerprint density at radius 3 is 2.42 bits per heavy atom. The average Bonchev–Trinajstić information content (AvgIpc) is 3.38. The fourth-order valence-corrected chi connectivity index (χ4v) is 6.68. The molecule has 218 valence electrons. The molecule has 3 amide bonds. The van der Waals surface area contributed by atoms with Crippen molar-refractivity contribution in [3.05, 3.63) is 53.1 Å².